The summed E-state index contributed by atoms with van der Waals surface area (Å²) in [4.78, 5) is 2.33. The van der Waals surface area contributed by atoms with Gasteiger partial charge < -0.3 is 10.2 Å². The molecule has 0 aliphatic carbocycles. The summed E-state index contributed by atoms with van der Waals surface area (Å²) in [7, 11) is 2.14. The molecule has 1 aliphatic heterocycles. The molecule has 0 spiro atoms. The Morgan fingerprint density at radius 1 is 1.60 bits per heavy atom. The van der Waals surface area contributed by atoms with Crippen LogP contribution in [0.1, 0.15) is 12.8 Å². The van der Waals surface area contributed by atoms with Gasteiger partial charge in [0.1, 0.15) is 0 Å². The van der Waals surface area contributed by atoms with Crippen molar-refractivity contribution < 1.29 is 0 Å². The summed E-state index contributed by atoms with van der Waals surface area (Å²) in [5.74, 6) is 0. The van der Waals surface area contributed by atoms with Crippen molar-refractivity contribution in [3.8, 4) is 0 Å². The van der Waals surface area contributed by atoms with Gasteiger partial charge in [-0.15, -0.1) is 5.10 Å². The first kappa shape index (κ1) is 10.6. The van der Waals surface area contributed by atoms with E-state index < -0.39 is 0 Å². The Bertz CT molecular complexity index is 331. The number of piperidine rings is 1. The lowest BCUT2D eigenvalue weighted by molar-refractivity contribution is 0.261. The fourth-order valence-corrected chi connectivity index (χ4v) is 2.10. The number of anilines is 1. The van der Waals surface area contributed by atoms with Crippen molar-refractivity contribution in [2.75, 3.05) is 25.5 Å². The zero-order valence-electron chi connectivity index (χ0n) is 8.78. The summed E-state index contributed by atoms with van der Waals surface area (Å²) in [6.07, 6.45) is 4.14. The summed E-state index contributed by atoms with van der Waals surface area (Å²) in [5, 5.41) is 11.4. The molecule has 15 heavy (non-hydrogen) atoms. The molecule has 2 rings (SSSR count). The van der Waals surface area contributed by atoms with Crippen LogP contribution in [0.5, 0.6) is 0 Å². The van der Waals surface area contributed by atoms with E-state index in [1.165, 1.54) is 19.4 Å². The van der Waals surface area contributed by atoms with Crippen LogP contribution in [0.3, 0.4) is 0 Å². The van der Waals surface area contributed by atoms with Crippen molar-refractivity contribution in [2.45, 2.75) is 18.9 Å². The average molecular weight is 227 g/mol. The van der Waals surface area contributed by atoms with Crippen LogP contribution in [0, 0.1) is 0 Å². The number of aromatic nitrogens is 2. The van der Waals surface area contributed by atoms with E-state index in [-0.39, 0.29) is 0 Å². The number of halogens is 1. The molecule has 0 radical (unpaired) electrons. The Hall–Kier alpha value is -0.870. The lowest BCUT2D eigenvalue weighted by Gasteiger charge is -2.30. The lowest BCUT2D eigenvalue weighted by Crippen LogP contribution is -2.39. The van der Waals surface area contributed by atoms with Crippen molar-refractivity contribution >= 4 is 17.3 Å². The van der Waals surface area contributed by atoms with Gasteiger partial charge in [0.05, 0.1) is 11.9 Å². The van der Waals surface area contributed by atoms with Crippen LogP contribution in [-0.2, 0) is 0 Å². The van der Waals surface area contributed by atoms with Crippen LogP contribution in [-0.4, -0.2) is 41.3 Å². The van der Waals surface area contributed by atoms with Crippen molar-refractivity contribution in [1.82, 2.24) is 15.1 Å². The molecule has 1 fully saturated rings. The van der Waals surface area contributed by atoms with Gasteiger partial charge in [0, 0.05) is 18.7 Å². The fourth-order valence-electron chi connectivity index (χ4n) is 1.94. The molecule has 0 aromatic carbocycles. The predicted molar refractivity (Wildman–Crippen MR) is 61.2 cm³/mol. The van der Waals surface area contributed by atoms with E-state index in [1.807, 2.05) is 6.07 Å². The highest BCUT2D eigenvalue weighted by molar-refractivity contribution is 6.29. The second-order valence-corrected chi connectivity index (χ2v) is 4.40. The van der Waals surface area contributed by atoms with E-state index in [2.05, 4.69) is 27.5 Å². The average Bonchev–Trinajstić information content (AvgIpc) is 2.17. The number of rotatable bonds is 2. The van der Waals surface area contributed by atoms with Crippen LogP contribution < -0.4 is 5.32 Å². The van der Waals surface area contributed by atoms with E-state index >= 15 is 0 Å². The van der Waals surface area contributed by atoms with Gasteiger partial charge in [-0.3, -0.25) is 0 Å². The van der Waals surface area contributed by atoms with Gasteiger partial charge in [-0.2, -0.15) is 5.10 Å². The van der Waals surface area contributed by atoms with Crippen LogP contribution in [0.25, 0.3) is 0 Å². The van der Waals surface area contributed by atoms with Gasteiger partial charge in [0.15, 0.2) is 5.15 Å². The summed E-state index contributed by atoms with van der Waals surface area (Å²) in [6, 6.07) is 2.30. The Kier molecular flexibility index (Phi) is 3.38. The SMILES string of the molecule is CN1CCCC(Nc2cnnc(Cl)c2)C1. The minimum Gasteiger partial charge on any atom is -0.380 e. The molecule has 1 aromatic rings. The Morgan fingerprint density at radius 2 is 2.47 bits per heavy atom. The minimum atomic E-state index is 0.434. The third-order valence-electron chi connectivity index (χ3n) is 2.62. The second-order valence-electron chi connectivity index (χ2n) is 4.01. The number of nitrogens with one attached hydrogen (secondary N) is 1. The molecule has 0 amide bonds. The smallest absolute Gasteiger partial charge is 0.153 e. The summed E-state index contributed by atoms with van der Waals surface area (Å²) < 4.78 is 0. The topological polar surface area (TPSA) is 41.0 Å². The fraction of sp³-hybridized carbons (Fsp3) is 0.600. The highest BCUT2D eigenvalue weighted by Gasteiger charge is 2.16. The van der Waals surface area contributed by atoms with Gasteiger partial charge in [-0.1, -0.05) is 11.6 Å². The molecule has 0 bridgehead atoms. The van der Waals surface area contributed by atoms with Crippen LogP contribution in [0.15, 0.2) is 12.3 Å². The molecule has 1 aliphatic rings. The number of likely N-dealkylation sites (tertiary alicyclic amines) is 1. The molecular formula is C10H15ClN4. The first-order valence-electron chi connectivity index (χ1n) is 5.17. The maximum atomic E-state index is 5.77. The van der Waals surface area contributed by atoms with E-state index in [1.54, 1.807) is 6.20 Å². The summed E-state index contributed by atoms with van der Waals surface area (Å²) in [6.45, 7) is 2.26. The van der Waals surface area contributed by atoms with Crippen molar-refractivity contribution in [3.63, 3.8) is 0 Å². The molecule has 1 saturated heterocycles. The van der Waals surface area contributed by atoms with Gasteiger partial charge in [-0.05, 0) is 26.4 Å². The largest absolute Gasteiger partial charge is 0.380 e. The molecule has 4 nitrogen and oxygen atoms in total. The van der Waals surface area contributed by atoms with Crippen molar-refractivity contribution in [3.05, 3.63) is 17.4 Å². The quantitative estimate of drug-likeness (QED) is 0.833. The third-order valence-corrected chi connectivity index (χ3v) is 2.80. The maximum Gasteiger partial charge on any atom is 0.153 e. The first-order chi connectivity index (χ1) is 7.24. The molecule has 1 N–H and O–H groups in total. The lowest BCUT2D eigenvalue weighted by atomic mass is 10.1. The third kappa shape index (κ3) is 3.04. The predicted octanol–water partition coefficient (Wildman–Crippen LogP) is 1.64. The number of nitrogens with zero attached hydrogens (tertiary/aromatic N) is 3. The highest BCUT2D eigenvalue weighted by Crippen LogP contribution is 2.16. The van der Waals surface area contributed by atoms with Gasteiger partial charge >= 0.3 is 0 Å². The second kappa shape index (κ2) is 4.77. The number of likely N-dealkylation sites (N-methyl/N-ethyl adjacent to an activating group) is 1. The number of hydrogen-bond donors (Lipinski definition) is 1. The zero-order valence-corrected chi connectivity index (χ0v) is 9.54. The molecule has 1 aromatic heterocycles. The maximum absolute atomic E-state index is 5.77. The standard InChI is InChI=1S/C10H15ClN4/c1-15-4-2-3-8(7-15)13-9-5-10(11)14-12-6-9/h5-6,8H,2-4,7H2,1H3,(H,13,14). The van der Waals surface area contributed by atoms with E-state index in [0.29, 0.717) is 11.2 Å². The molecule has 5 heteroatoms. The van der Waals surface area contributed by atoms with Crippen molar-refractivity contribution in [1.29, 1.82) is 0 Å². The molecule has 1 unspecified atom stereocenters. The van der Waals surface area contributed by atoms with E-state index in [4.69, 9.17) is 11.6 Å². The molecular weight excluding hydrogens is 212 g/mol. The highest BCUT2D eigenvalue weighted by atomic mass is 35.5. The molecule has 0 saturated carbocycles. The summed E-state index contributed by atoms with van der Waals surface area (Å²) in [5.41, 5.74) is 0.954. The Labute approximate surface area is 94.6 Å². The van der Waals surface area contributed by atoms with Crippen molar-refractivity contribution in [2.24, 2.45) is 0 Å². The van der Waals surface area contributed by atoms with E-state index in [9.17, 15) is 0 Å². The van der Waals surface area contributed by atoms with Crippen LogP contribution >= 0.6 is 11.6 Å². The normalized spacial score (nSPS) is 22.7. The summed E-state index contributed by atoms with van der Waals surface area (Å²) >= 11 is 5.77. The molecule has 1 atom stereocenters. The van der Waals surface area contributed by atoms with Gasteiger partial charge in [0.25, 0.3) is 0 Å². The zero-order chi connectivity index (χ0) is 10.7. The first-order valence-corrected chi connectivity index (χ1v) is 5.55. The molecule has 82 valence electrons. The van der Waals surface area contributed by atoms with Crippen LogP contribution in [0.2, 0.25) is 5.15 Å². The minimum absolute atomic E-state index is 0.434. The van der Waals surface area contributed by atoms with E-state index in [0.717, 1.165) is 12.2 Å². The monoisotopic (exact) mass is 226 g/mol. The number of hydrogen-bond acceptors (Lipinski definition) is 4. The van der Waals surface area contributed by atoms with Gasteiger partial charge in [0.2, 0.25) is 0 Å². The van der Waals surface area contributed by atoms with Crippen LogP contribution in [0.4, 0.5) is 5.69 Å². The Balaban J connectivity index is 1.96. The Morgan fingerprint density at radius 3 is 3.20 bits per heavy atom. The molecule has 2 heterocycles. The van der Waals surface area contributed by atoms with Gasteiger partial charge in [-0.25, -0.2) is 0 Å².